The molecule has 0 aromatic heterocycles. The Hall–Kier alpha value is -0.770. The van der Waals surface area contributed by atoms with Gasteiger partial charge in [0.15, 0.2) is 5.96 Å². The maximum Gasteiger partial charge on any atom is 0.191 e. The average Bonchev–Trinajstić information content (AvgIpc) is 3.03. The van der Waals surface area contributed by atoms with Crippen LogP contribution in [0.1, 0.15) is 32.6 Å². The minimum atomic E-state index is 0.344. The Morgan fingerprint density at radius 2 is 2.27 bits per heavy atom. The zero-order valence-corrected chi connectivity index (χ0v) is 9.48. The number of aliphatic imine (C=N–C) groups is 1. The van der Waals surface area contributed by atoms with Gasteiger partial charge in [0.2, 0.25) is 0 Å². The topological polar surface area (TPSA) is 50.9 Å². The molecular weight excluding hydrogens is 190 g/mol. The van der Waals surface area contributed by atoms with Crippen molar-refractivity contribution in [3.8, 4) is 0 Å². The molecule has 15 heavy (non-hydrogen) atoms. The van der Waals surface area contributed by atoms with E-state index >= 15 is 0 Å². The van der Waals surface area contributed by atoms with Crippen LogP contribution in [0.2, 0.25) is 0 Å². The van der Waals surface area contributed by atoms with Crippen LogP contribution in [0, 0.1) is 0 Å². The number of piperidine rings is 1. The second kappa shape index (κ2) is 4.84. The van der Waals surface area contributed by atoms with Crippen molar-refractivity contribution in [3.63, 3.8) is 0 Å². The number of hydrogen-bond donors (Lipinski definition) is 1. The first-order chi connectivity index (χ1) is 7.29. The third kappa shape index (κ3) is 3.09. The Morgan fingerprint density at radius 1 is 1.47 bits per heavy atom. The van der Waals surface area contributed by atoms with Gasteiger partial charge in [-0.1, -0.05) is 0 Å². The van der Waals surface area contributed by atoms with Gasteiger partial charge in [-0.3, -0.25) is 0 Å². The van der Waals surface area contributed by atoms with Crippen molar-refractivity contribution >= 4 is 5.96 Å². The standard InChI is InChI=1S/C11H21N3O/c1-2-15-10-4-3-7-14(8-10)11(12)13-9-5-6-9/h9-10H,2-8H2,1H3,(H2,12,13). The molecule has 0 aromatic carbocycles. The van der Waals surface area contributed by atoms with Crippen LogP contribution in [0.25, 0.3) is 0 Å². The molecule has 0 radical (unpaired) electrons. The molecule has 2 N–H and O–H groups in total. The minimum absolute atomic E-state index is 0.344. The molecule has 0 aromatic rings. The summed E-state index contributed by atoms with van der Waals surface area (Å²) in [4.78, 5) is 6.64. The van der Waals surface area contributed by atoms with Gasteiger partial charge in [-0.25, -0.2) is 4.99 Å². The van der Waals surface area contributed by atoms with Crippen molar-refractivity contribution in [1.29, 1.82) is 0 Å². The molecule has 2 fully saturated rings. The molecule has 0 spiro atoms. The highest BCUT2D eigenvalue weighted by Gasteiger charge is 2.25. The lowest BCUT2D eigenvalue weighted by molar-refractivity contribution is 0.0232. The van der Waals surface area contributed by atoms with Crippen LogP contribution in [0.4, 0.5) is 0 Å². The molecule has 1 atom stereocenters. The van der Waals surface area contributed by atoms with Crippen LogP contribution in [-0.2, 0) is 4.74 Å². The zero-order chi connectivity index (χ0) is 10.7. The summed E-state index contributed by atoms with van der Waals surface area (Å²) in [7, 11) is 0. The van der Waals surface area contributed by atoms with Crippen molar-refractivity contribution < 1.29 is 4.74 Å². The SMILES string of the molecule is CCOC1CCCN(C(N)=NC2CC2)C1. The lowest BCUT2D eigenvalue weighted by Crippen LogP contribution is -2.46. The summed E-state index contributed by atoms with van der Waals surface area (Å²) in [6.07, 6.45) is 5.08. The predicted octanol–water partition coefficient (Wildman–Crippen LogP) is 0.964. The van der Waals surface area contributed by atoms with Crippen LogP contribution in [-0.4, -0.2) is 42.7 Å². The smallest absolute Gasteiger partial charge is 0.191 e. The van der Waals surface area contributed by atoms with Gasteiger partial charge in [-0.2, -0.15) is 0 Å². The van der Waals surface area contributed by atoms with E-state index < -0.39 is 0 Å². The molecule has 86 valence electrons. The number of rotatable bonds is 3. The Bertz CT molecular complexity index is 236. The summed E-state index contributed by atoms with van der Waals surface area (Å²) < 4.78 is 5.63. The van der Waals surface area contributed by atoms with Crippen LogP contribution >= 0.6 is 0 Å². The lowest BCUT2D eigenvalue weighted by atomic mass is 10.1. The van der Waals surface area contributed by atoms with E-state index in [-0.39, 0.29) is 0 Å². The molecular formula is C11H21N3O. The Labute approximate surface area is 91.5 Å². The highest BCUT2D eigenvalue weighted by molar-refractivity contribution is 5.78. The molecule has 1 aliphatic heterocycles. The summed E-state index contributed by atoms with van der Waals surface area (Å²) >= 11 is 0. The minimum Gasteiger partial charge on any atom is -0.377 e. The van der Waals surface area contributed by atoms with Gasteiger partial charge < -0.3 is 15.4 Å². The number of nitrogens with two attached hydrogens (primary N) is 1. The Balaban J connectivity index is 1.85. The lowest BCUT2D eigenvalue weighted by Gasteiger charge is -2.33. The molecule has 1 saturated carbocycles. The highest BCUT2D eigenvalue weighted by Crippen LogP contribution is 2.24. The van der Waals surface area contributed by atoms with Crippen molar-refractivity contribution in [2.75, 3.05) is 19.7 Å². The first kappa shape index (κ1) is 10.7. The van der Waals surface area contributed by atoms with E-state index in [1.807, 2.05) is 6.92 Å². The van der Waals surface area contributed by atoms with Crippen molar-refractivity contribution in [3.05, 3.63) is 0 Å². The third-order valence-electron chi connectivity index (χ3n) is 2.97. The van der Waals surface area contributed by atoms with Gasteiger partial charge in [-0.15, -0.1) is 0 Å². The summed E-state index contributed by atoms with van der Waals surface area (Å²) in [5.41, 5.74) is 5.97. The van der Waals surface area contributed by atoms with E-state index in [2.05, 4.69) is 9.89 Å². The fraction of sp³-hybridized carbons (Fsp3) is 0.909. The number of hydrogen-bond acceptors (Lipinski definition) is 2. The van der Waals surface area contributed by atoms with Crippen LogP contribution < -0.4 is 5.73 Å². The van der Waals surface area contributed by atoms with Gasteiger partial charge in [-0.05, 0) is 32.6 Å². The zero-order valence-electron chi connectivity index (χ0n) is 9.48. The summed E-state index contributed by atoms with van der Waals surface area (Å²) in [5, 5.41) is 0. The third-order valence-corrected chi connectivity index (χ3v) is 2.97. The van der Waals surface area contributed by atoms with Gasteiger partial charge >= 0.3 is 0 Å². The molecule has 0 amide bonds. The van der Waals surface area contributed by atoms with Gasteiger partial charge in [0.05, 0.1) is 12.1 Å². The molecule has 4 heteroatoms. The van der Waals surface area contributed by atoms with Crippen LogP contribution in [0.3, 0.4) is 0 Å². The van der Waals surface area contributed by atoms with E-state index in [1.165, 1.54) is 12.8 Å². The van der Waals surface area contributed by atoms with Crippen molar-refractivity contribution in [2.24, 2.45) is 10.7 Å². The van der Waals surface area contributed by atoms with Gasteiger partial charge in [0.25, 0.3) is 0 Å². The molecule has 0 bridgehead atoms. The number of likely N-dealkylation sites (tertiary alicyclic amines) is 1. The summed E-state index contributed by atoms with van der Waals surface area (Å²) in [5.74, 6) is 0.724. The maximum atomic E-state index is 5.97. The molecule has 1 unspecified atom stereocenters. The second-order valence-electron chi connectivity index (χ2n) is 4.38. The first-order valence-corrected chi connectivity index (χ1v) is 5.99. The van der Waals surface area contributed by atoms with Crippen LogP contribution in [0.15, 0.2) is 4.99 Å². The number of guanidine groups is 1. The van der Waals surface area contributed by atoms with Crippen LogP contribution in [0.5, 0.6) is 0 Å². The molecule has 1 heterocycles. The highest BCUT2D eigenvalue weighted by atomic mass is 16.5. The van der Waals surface area contributed by atoms with E-state index in [4.69, 9.17) is 10.5 Å². The Kier molecular flexibility index (Phi) is 3.46. The molecule has 4 nitrogen and oxygen atoms in total. The summed E-state index contributed by atoms with van der Waals surface area (Å²) in [6.45, 7) is 4.78. The first-order valence-electron chi connectivity index (χ1n) is 5.99. The Morgan fingerprint density at radius 3 is 2.93 bits per heavy atom. The second-order valence-corrected chi connectivity index (χ2v) is 4.38. The van der Waals surface area contributed by atoms with Gasteiger partial charge in [0.1, 0.15) is 0 Å². The molecule has 2 rings (SSSR count). The van der Waals surface area contributed by atoms with E-state index in [0.717, 1.165) is 38.5 Å². The predicted molar refractivity (Wildman–Crippen MR) is 60.9 cm³/mol. The molecule has 1 aliphatic carbocycles. The fourth-order valence-corrected chi connectivity index (χ4v) is 1.99. The van der Waals surface area contributed by atoms with E-state index in [1.54, 1.807) is 0 Å². The quantitative estimate of drug-likeness (QED) is 0.559. The average molecular weight is 211 g/mol. The van der Waals surface area contributed by atoms with Crippen molar-refractivity contribution in [1.82, 2.24) is 4.90 Å². The fourth-order valence-electron chi connectivity index (χ4n) is 1.99. The molecule has 2 aliphatic rings. The number of ether oxygens (including phenoxy) is 1. The monoisotopic (exact) mass is 211 g/mol. The maximum absolute atomic E-state index is 5.97. The van der Waals surface area contributed by atoms with Crippen molar-refractivity contribution in [2.45, 2.75) is 44.8 Å². The normalized spacial score (nSPS) is 28.2. The summed E-state index contributed by atoms with van der Waals surface area (Å²) in [6, 6.07) is 0.512. The van der Waals surface area contributed by atoms with E-state index in [9.17, 15) is 0 Å². The molecule has 1 saturated heterocycles. The van der Waals surface area contributed by atoms with E-state index in [0.29, 0.717) is 12.1 Å². The number of nitrogens with zero attached hydrogens (tertiary/aromatic N) is 2. The van der Waals surface area contributed by atoms with Gasteiger partial charge in [0, 0.05) is 19.7 Å². The largest absolute Gasteiger partial charge is 0.377 e.